The zero-order valence-electron chi connectivity index (χ0n) is 15.3. The SMILES string of the molecule is CCOc1ccc(OCCC(=O)OCc2cc(=O)oc3cc(Br)ccc23)cc1. The molecule has 0 aliphatic carbocycles. The lowest BCUT2D eigenvalue weighted by Crippen LogP contribution is -2.11. The van der Waals surface area contributed by atoms with Crippen molar-refractivity contribution in [2.45, 2.75) is 20.0 Å². The Morgan fingerprint density at radius 2 is 1.75 bits per heavy atom. The van der Waals surface area contributed by atoms with Crippen LogP contribution in [0.5, 0.6) is 11.5 Å². The fourth-order valence-electron chi connectivity index (χ4n) is 2.60. The highest BCUT2D eigenvalue weighted by molar-refractivity contribution is 9.10. The van der Waals surface area contributed by atoms with Gasteiger partial charge in [-0.2, -0.15) is 0 Å². The Hall–Kier alpha value is -2.80. The van der Waals surface area contributed by atoms with Crippen molar-refractivity contribution in [2.75, 3.05) is 13.2 Å². The summed E-state index contributed by atoms with van der Waals surface area (Å²) in [5.74, 6) is 0.999. The highest BCUT2D eigenvalue weighted by Gasteiger charge is 2.10. The molecule has 0 fully saturated rings. The first kappa shape index (κ1) is 19.9. The van der Waals surface area contributed by atoms with Crippen molar-refractivity contribution in [3.63, 3.8) is 0 Å². The second-order valence-electron chi connectivity index (χ2n) is 5.89. The lowest BCUT2D eigenvalue weighted by atomic mass is 10.1. The summed E-state index contributed by atoms with van der Waals surface area (Å²) in [6.45, 7) is 2.70. The third-order valence-electron chi connectivity index (χ3n) is 3.89. The molecule has 3 aromatic rings. The van der Waals surface area contributed by atoms with Crippen LogP contribution >= 0.6 is 15.9 Å². The summed E-state index contributed by atoms with van der Waals surface area (Å²) in [5, 5.41) is 0.723. The molecular weight excluding hydrogens is 428 g/mol. The highest BCUT2D eigenvalue weighted by atomic mass is 79.9. The molecule has 1 heterocycles. The zero-order chi connectivity index (χ0) is 19.9. The summed E-state index contributed by atoms with van der Waals surface area (Å²) in [7, 11) is 0. The molecule has 0 spiro atoms. The molecule has 6 nitrogen and oxygen atoms in total. The maximum atomic E-state index is 12.0. The van der Waals surface area contributed by atoms with E-state index in [1.165, 1.54) is 6.07 Å². The van der Waals surface area contributed by atoms with E-state index < -0.39 is 11.6 Å². The number of ether oxygens (including phenoxy) is 3. The Morgan fingerprint density at radius 1 is 1.04 bits per heavy atom. The van der Waals surface area contributed by atoms with Crippen LogP contribution in [-0.4, -0.2) is 19.2 Å². The standard InChI is InChI=1S/C21H19BrO6/c1-2-25-16-4-6-17(7-5-16)26-10-9-20(23)27-13-14-11-21(24)28-19-12-15(22)3-8-18(14)19/h3-8,11-12H,2,9-10,13H2,1H3. The van der Waals surface area contributed by atoms with E-state index in [0.717, 1.165) is 15.6 Å². The Bertz CT molecular complexity index is 1010. The Labute approximate surface area is 170 Å². The summed E-state index contributed by atoms with van der Waals surface area (Å²) in [6.07, 6.45) is 0.0954. The molecule has 0 atom stereocenters. The molecule has 0 bridgehead atoms. The molecule has 146 valence electrons. The quantitative estimate of drug-likeness (QED) is 0.375. The molecule has 7 heteroatoms. The average molecular weight is 447 g/mol. The maximum Gasteiger partial charge on any atom is 0.336 e. The number of esters is 1. The Morgan fingerprint density at radius 3 is 2.46 bits per heavy atom. The molecule has 0 saturated heterocycles. The number of rotatable bonds is 8. The van der Waals surface area contributed by atoms with Crippen molar-refractivity contribution in [2.24, 2.45) is 0 Å². The minimum Gasteiger partial charge on any atom is -0.494 e. The Kier molecular flexibility index (Phi) is 6.71. The van der Waals surface area contributed by atoms with Crippen molar-refractivity contribution in [3.05, 3.63) is 69.0 Å². The van der Waals surface area contributed by atoms with Gasteiger partial charge in [0.2, 0.25) is 0 Å². The minimum absolute atomic E-state index is 0.00831. The predicted octanol–water partition coefficient (Wildman–Crippen LogP) is 4.47. The van der Waals surface area contributed by atoms with Crippen LogP contribution in [0.1, 0.15) is 18.9 Å². The molecule has 0 amide bonds. The van der Waals surface area contributed by atoms with Gasteiger partial charge < -0.3 is 18.6 Å². The number of carbonyl (C=O) groups excluding carboxylic acids is 1. The first-order valence-corrected chi connectivity index (χ1v) is 9.58. The molecule has 0 aliphatic heterocycles. The van der Waals surface area contributed by atoms with Gasteiger partial charge in [-0.1, -0.05) is 15.9 Å². The number of benzene rings is 2. The third-order valence-corrected chi connectivity index (χ3v) is 4.38. The van der Waals surface area contributed by atoms with E-state index in [1.54, 1.807) is 24.3 Å². The minimum atomic E-state index is -0.490. The van der Waals surface area contributed by atoms with E-state index in [0.29, 0.717) is 23.5 Å². The summed E-state index contributed by atoms with van der Waals surface area (Å²) in [5.41, 5.74) is 0.543. The van der Waals surface area contributed by atoms with Gasteiger partial charge in [0.1, 0.15) is 23.7 Å². The zero-order valence-corrected chi connectivity index (χ0v) is 16.9. The monoisotopic (exact) mass is 446 g/mol. The first-order valence-electron chi connectivity index (χ1n) is 8.78. The topological polar surface area (TPSA) is 75.0 Å². The number of halogens is 1. The van der Waals surface area contributed by atoms with E-state index in [-0.39, 0.29) is 19.6 Å². The molecule has 0 unspecified atom stereocenters. The predicted molar refractivity (Wildman–Crippen MR) is 108 cm³/mol. The second-order valence-corrected chi connectivity index (χ2v) is 6.81. The first-order chi connectivity index (χ1) is 13.5. The molecule has 2 aromatic carbocycles. The van der Waals surface area contributed by atoms with Crippen LogP contribution in [0.25, 0.3) is 11.0 Å². The van der Waals surface area contributed by atoms with Crippen LogP contribution in [0.2, 0.25) is 0 Å². The van der Waals surface area contributed by atoms with Gasteiger partial charge in [-0.05, 0) is 49.4 Å². The normalized spacial score (nSPS) is 10.6. The van der Waals surface area contributed by atoms with E-state index in [9.17, 15) is 9.59 Å². The van der Waals surface area contributed by atoms with Crippen molar-refractivity contribution in [3.8, 4) is 11.5 Å². The lowest BCUT2D eigenvalue weighted by Gasteiger charge is -2.09. The van der Waals surface area contributed by atoms with Gasteiger partial charge in [0, 0.05) is 21.5 Å². The molecule has 0 N–H and O–H groups in total. The number of carbonyl (C=O) groups is 1. The smallest absolute Gasteiger partial charge is 0.336 e. The van der Waals surface area contributed by atoms with Crippen LogP contribution in [0.3, 0.4) is 0 Å². The van der Waals surface area contributed by atoms with Crippen molar-refractivity contribution < 1.29 is 23.4 Å². The van der Waals surface area contributed by atoms with Gasteiger partial charge in [-0.25, -0.2) is 4.79 Å². The molecule has 28 heavy (non-hydrogen) atoms. The Balaban J connectivity index is 1.52. The maximum absolute atomic E-state index is 12.0. The van der Waals surface area contributed by atoms with Crippen LogP contribution < -0.4 is 15.1 Å². The van der Waals surface area contributed by atoms with Crippen LogP contribution in [0.15, 0.2) is 62.2 Å². The summed E-state index contributed by atoms with van der Waals surface area (Å²) in [6, 6.07) is 13.8. The average Bonchev–Trinajstić information content (AvgIpc) is 2.67. The van der Waals surface area contributed by atoms with E-state index in [4.69, 9.17) is 18.6 Å². The highest BCUT2D eigenvalue weighted by Crippen LogP contribution is 2.22. The van der Waals surface area contributed by atoms with Gasteiger partial charge >= 0.3 is 11.6 Å². The fourth-order valence-corrected chi connectivity index (χ4v) is 2.94. The van der Waals surface area contributed by atoms with Gasteiger partial charge in [0.25, 0.3) is 0 Å². The van der Waals surface area contributed by atoms with Crippen molar-refractivity contribution >= 4 is 32.9 Å². The number of fused-ring (bicyclic) bond motifs is 1. The summed E-state index contributed by atoms with van der Waals surface area (Å²) >= 11 is 3.33. The summed E-state index contributed by atoms with van der Waals surface area (Å²) in [4.78, 5) is 23.7. The molecule has 0 radical (unpaired) electrons. The van der Waals surface area contributed by atoms with Gasteiger partial charge in [-0.15, -0.1) is 0 Å². The number of hydrogen-bond donors (Lipinski definition) is 0. The van der Waals surface area contributed by atoms with Gasteiger partial charge in [0.15, 0.2) is 0 Å². The summed E-state index contributed by atoms with van der Waals surface area (Å²) < 4.78 is 22.1. The molecule has 0 aliphatic rings. The van der Waals surface area contributed by atoms with Crippen LogP contribution in [-0.2, 0) is 16.1 Å². The van der Waals surface area contributed by atoms with E-state index >= 15 is 0 Å². The molecule has 3 rings (SSSR count). The van der Waals surface area contributed by atoms with Crippen molar-refractivity contribution in [1.29, 1.82) is 0 Å². The second kappa shape index (κ2) is 9.41. The number of hydrogen-bond acceptors (Lipinski definition) is 6. The molecule has 0 saturated carbocycles. The fraction of sp³-hybridized carbons (Fsp3) is 0.238. The van der Waals surface area contributed by atoms with E-state index in [1.807, 2.05) is 25.1 Å². The largest absolute Gasteiger partial charge is 0.494 e. The third kappa shape index (κ3) is 5.36. The van der Waals surface area contributed by atoms with Gasteiger partial charge in [0.05, 0.1) is 19.6 Å². The van der Waals surface area contributed by atoms with E-state index in [2.05, 4.69) is 15.9 Å². The lowest BCUT2D eigenvalue weighted by molar-refractivity contribution is -0.145. The molecular formula is C21H19BrO6. The molecule has 1 aromatic heterocycles. The van der Waals surface area contributed by atoms with Crippen molar-refractivity contribution in [1.82, 2.24) is 0 Å². The van der Waals surface area contributed by atoms with Crippen LogP contribution in [0, 0.1) is 0 Å². The van der Waals surface area contributed by atoms with Gasteiger partial charge in [-0.3, -0.25) is 4.79 Å². The van der Waals surface area contributed by atoms with Crippen LogP contribution in [0.4, 0.5) is 0 Å².